The Morgan fingerprint density at radius 1 is 1.39 bits per heavy atom. The lowest BCUT2D eigenvalue weighted by atomic mass is 10.2. The highest BCUT2D eigenvalue weighted by Gasteiger charge is 2.21. The molecule has 0 aliphatic rings. The van der Waals surface area contributed by atoms with Gasteiger partial charge in [0, 0.05) is 26.4 Å². The molecule has 18 heavy (non-hydrogen) atoms. The van der Waals surface area contributed by atoms with Crippen LogP contribution >= 0.6 is 0 Å². The second-order valence-electron chi connectivity index (χ2n) is 3.69. The van der Waals surface area contributed by atoms with Crippen LogP contribution in [0.5, 0.6) is 0 Å². The molecular formula is C11H15FN2O4. The Balaban J connectivity index is 2.95. The fraction of sp³-hybridized carbons (Fsp3) is 0.455. The van der Waals surface area contributed by atoms with Crippen LogP contribution in [0.3, 0.4) is 0 Å². The van der Waals surface area contributed by atoms with Crippen LogP contribution in [0.2, 0.25) is 0 Å². The lowest BCUT2D eigenvalue weighted by Crippen LogP contribution is -2.34. The first-order valence-electron chi connectivity index (χ1n) is 5.25. The predicted octanol–water partition coefficient (Wildman–Crippen LogP) is 2.15. The molecule has 100 valence electrons. The minimum Gasteiger partial charge on any atom is -0.372 e. The van der Waals surface area contributed by atoms with Crippen LogP contribution in [-0.4, -0.2) is 31.5 Å². The number of halogens is 1. The first-order chi connectivity index (χ1) is 8.49. The minimum atomic E-state index is -0.590. The van der Waals surface area contributed by atoms with Crippen LogP contribution in [0.1, 0.15) is 6.92 Å². The van der Waals surface area contributed by atoms with Crippen molar-refractivity contribution in [2.45, 2.75) is 19.3 Å². The van der Waals surface area contributed by atoms with E-state index in [0.29, 0.717) is 0 Å². The summed E-state index contributed by atoms with van der Waals surface area (Å²) in [4.78, 5) is 10.2. The maximum Gasteiger partial charge on any atom is 0.292 e. The maximum absolute atomic E-state index is 13.1. The number of rotatable bonds is 6. The van der Waals surface area contributed by atoms with E-state index in [0.717, 1.165) is 18.2 Å². The van der Waals surface area contributed by atoms with E-state index in [4.69, 9.17) is 9.47 Å². The highest BCUT2D eigenvalue weighted by atomic mass is 19.1. The van der Waals surface area contributed by atoms with Crippen LogP contribution in [0.25, 0.3) is 0 Å². The Labute approximate surface area is 104 Å². The van der Waals surface area contributed by atoms with E-state index in [1.54, 1.807) is 6.92 Å². The monoisotopic (exact) mass is 258 g/mol. The van der Waals surface area contributed by atoms with Crippen molar-refractivity contribution < 1.29 is 18.8 Å². The van der Waals surface area contributed by atoms with E-state index < -0.39 is 17.0 Å². The molecule has 1 atom stereocenters. The molecule has 0 saturated carbocycles. The van der Waals surface area contributed by atoms with Gasteiger partial charge in [-0.1, -0.05) is 0 Å². The Hall–Kier alpha value is -1.73. The SMILES string of the molecule is COC(OC)C(C)Nc1cc(F)ccc1[N+](=O)[O-]. The first kappa shape index (κ1) is 14.3. The summed E-state index contributed by atoms with van der Waals surface area (Å²) in [6, 6.07) is 2.84. The number of nitrogens with zero attached hydrogens (tertiary/aromatic N) is 1. The van der Waals surface area contributed by atoms with Crippen molar-refractivity contribution in [3.8, 4) is 0 Å². The summed E-state index contributed by atoms with van der Waals surface area (Å²) in [5.41, 5.74) is -0.110. The first-order valence-corrected chi connectivity index (χ1v) is 5.25. The molecule has 0 saturated heterocycles. The van der Waals surface area contributed by atoms with Gasteiger partial charge in [0.25, 0.3) is 5.69 Å². The van der Waals surface area contributed by atoms with Crippen molar-refractivity contribution in [1.29, 1.82) is 0 Å². The highest BCUT2D eigenvalue weighted by molar-refractivity contribution is 5.61. The smallest absolute Gasteiger partial charge is 0.292 e. The number of hydrogen-bond donors (Lipinski definition) is 1. The molecule has 0 heterocycles. The second-order valence-corrected chi connectivity index (χ2v) is 3.69. The summed E-state index contributed by atoms with van der Waals surface area (Å²) in [6.07, 6.45) is -0.590. The van der Waals surface area contributed by atoms with Gasteiger partial charge in [0.15, 0.2) is 6.29 Å². The zero-order valence-corrected chi connectivity index (χ0v) is 10.3. The average Bonchev–Trinajstić information content (AvgIpc) is 2.30. The average molecular weight is 258 g/mol. The molecule has 0 aromatic heterocycles. The molecule has 0 aliphatic carbocycles. The van der Waals surface area contributed by atoms with Crippen molar-refractivity contribution in [2.24, 2.45) is 0 Å². The number of nitro groups is 1. The number of methoxy groups -OCH3 is 2. The molecular weight excluding hydrogens is 243 g/mol. The Morgan fingerprint density at radius 2 is 2.00 bits per heavy atom. The zero-order valence-electron chi connectivity index (χ0n) is 10.3. The summed E-state index contributed by atoms with van der Waals surface area (Å²) >= 11 is 0. The van der Waals surface area contributed by atoms with E-state index in [9.17, 15) is 14.5 Å². The third-order valence-electron chi connectivity index (χ3n) is 2.41. The summed E-state index contributed by atoms with van der Waals surface area (Å²) in [5.74, 6) is -0.554. The Kier molecular flexibility index (Phi) is 4.99. The van der Waals surface area contributed by atoms with Crippen molar-refractivity contribution in [1.82, 2.24) is 0 Å². The van der Waals surface area contributed by atoms with Gasteiger partial charge < -0.3 is 14.8 Å². The molecule has 0 bridgehead atoms. The fourth-order valence-electron chi connectivity index (χ4n) is 1.60. The van der Waals surface area contributed by atoms with Crippen LogP contribution in [0.4, 0.5) is 15.8 Å². The predicted molar refractivity (Wildman–Crippen MR) is 63.9 cm³/mol. The number of nitrogens with one attached hydrogen (secondary N) is 1. The topological polar surface area (TPSA) is 73.6 Å². The van der Waals surface area contributed by atoms with E-state index in [2.05, 4.69) is 5.32 Å². The van der Waals surface area contributed by atoms with Crippen molar-refractivity contribution in [3.63, 3.8) is 0 Å². The highest BCUT2D eigenvalue weighted by Crippen LogP contribution is 2.26. The van der Waals surface area contributed by atoms with Crippen LogP contribution in [0.15, 0.2) is 18.2 Å². The molecule has 0 amide bonds. The fourth-order valence-corrected chi connectivity index (χ4v) is 1.60. The third kappa shape index (κ3) is 3.38. The van der Waals surface area contributed by atoms with E-state index in [1.807, 2.05) is 0 Å². The lowest BCUT2D eigenvalue weighted by Gasteiger charge is -2.22. The van der Waals surface area contributed by atoms with Crippen molar-refractivity contribution in [3.05, 3.63) is 34.1 Å². The molecule has 7 heteroatoms. The Morgan fingerprint density at radius 3 is 2.50 bits per heavy atom. The molecule has 1 aromatic rings. The number of benzene rings is 1. The number of anilines is 1. The molecule has 1 unspecified atom stereocenters. The standard InChI is InChI=1S/C11H15FN2O4/c1-7(11(17-2)18-3)13-9-6-8(12)4-5-10(9)14(15)16/h4-7,11,13H,1-3H3. The molecule has 0 spiro atoms. The zero-order chi connectivity index (χ0) is 13.7. The normalized spacial score (nSPS) is 12.5. The molecule has 0 radical (unpaired) electrons. The molecule has 6 nitrogen and oxygen atoms in total. The molecule has 1 aromatic carbocycles. The molecule has 0 aliphatic heterocycles. The third-order valence-corrected chi connectivity index (χ3v) is 2.41. The van der Waals surface area contributed by atoms with Gasteiger partial charge in [-0.2, -0.15) is 0 Å². The minimum absolute atomic E-state index is 0.0894. The van der Waals surface area contributed by atoms with Crippen molar-refractivity contribution in [2.75, 3.05) is 19.5 Å². The van der Waals surface area contributed by atoms with Gasteiger partial charge in [-0.25, -0.2) is 4.39 Å². The van der Waals surface area contributed by atoms with Crippen molar-refractivity contribution >= 4 is 11.4 Å². The lowest BCUT2D eigenvalue weighted by molar-refractivity contribution is -0.384. The van der Waals surface area contributed by atoms with Gasteiger partial charge in [0.1, 0.15) is 11.5 Å². The summed E-state index contributed by atoms with van der Waals surface area (Å²) in [5, 5.41) is 13.6. The quantitative estimate of drug-likeness (QED) is 0.481. The van der Waals surface area contributed by atoms with Gasteiger partial charge in [0.2, 0.25) is 0 Å². The van der Waals surface area contributed by atoms with Gasteiger partial charge in [-0.15, -0.1) is 0 Å². The molecule has 0 fully saturated rings. The summed E-state index contributed by atoms with van der Waals surface area (Å²) in [6.45, 7) is 1.71. The summed E-state index contributed by atoms with van der Waals surface area (Å²) < 4.78 is 23.1. The Bertz CT molecular complexity index is 424. The number of ether oxygens (including phenoxy) is 2. The van der Waals surface area contributed by atoms with Crippen LogP contribution in [0, 0.1) is 15.9 Å². The van der Waals surface area contributed by atoms with E-state index >= 15 is 0 Å². The summed E-state index contributed by atoms with van der Waals surface area (Å²) in [7, 11) is 2.90. The van der Waals surface area contributed by atoms with Crippen LogP contribution in [-0.2, 0) is 9.47 Å². The number of nitro benzene ring substituents is 1. The van der Waals surface area contributed by atoms with Gasteiger partial charge in [-0.3, -0.25) is 10.1 Å². The molecule has 1 N–H and O–H groups in total. The largest absolute Gasteiger partial charge is 0.372 e. The van der Waals surface area contributed by atoms with Crippen LogP contribution < -0.4 is 5.32 Å². The van der Waals surface area contributed by atoms with Gasteiger partial charge in [0.05, 0.1) is 11.0 Å². The molecule has 1 rings (SSSR count). The number of hydrogen-bond acceptors (Lipinski definition) is 5. The second kappa shape index (κ2) is 6.27. The van der Waals surface area contributed by atoms with E-state index in [1.165, 1.54) is 14.2 Å². The van der Waals surface area contributed by atoms with Gasteiger partial charge in [-0.05, 0) is 13.0 Å². The van der Waals surface area contributed by atoms with E-state index in [-0.39, 0.29) is 17.4 Å². The van der Waals surface area contributed by atoms with Gasteiger partial charge >= 0.3 is 0 Å². The maximum atomic E-state index is 13.1.